The number of thioether (sulfide) groups is 1. The zero-order valence-corrected chi connectivity index (χ0v) is 20.3. The highest BCUT2D eigenvalue weighted by Crippen LogP contribution is 2.49. The quantitative estimate of drug-likeness (QED) is 0.285. The maximum Gasteiger partial charge on any atom is 0.141 e. The Morgan fingerprint density at radius 1 is 0.886 bits per heavy atom. The third-order valence-electron chi connectivity index (χ3n) is 6.83. The molecule has 2 aliphatic rings. The summed E-state index contributed by atoms with van der Waals surface area (Å²) in [6.45, 7) is 2.31. The molecule has 1 aliphatic carbocycles. The van der Waals surface area contributed by atoms with Gasteiger partial charge in [0.15, 0.2) is 0 Å². The van der Waals surface area contributed by atoms with Crippen LogP contribution in [0.15, 0.2) is 108 Å². The van der Waals surface area contributed by atoms with E-state index in [9.17, 15) is 5.26 Å². The predicted octanol–water partition coefficient (Wildman–Crippen LogP) is 7.86. The van der Waals surface area contributed by atoms with Crippen LogP contribution in [0.25, 0.3) is 22.4 Å². The Hall–Kier alpha value is -3.81. The first kappa shape index (κ1) is 21.7. The summed E-state index contributed by atoms with van der Waals surface area (Å²) in [5.41, 5.74) is 6.99. The Morgan fingerprint density at radius 3 is 2.57 bits per heavy atom. The van der Waals surface area contributed by atoms with Gasteiger partial charge in [0, 0.05) is 21.4 Å². The van der Waals surface area contributed by atoms with Crippen LogP contribution < -0.4 is 4.90 Å². The standard InChI is InChI=1S/C31H25N3S/c1-21-16-17-29-31(18-21)35-30-15-5-4-14-28(30)34(29)24-10-6-8-22(19-24)25-11-2-3-12-26(25)27-13-7-9-23(20-32)33-27/h2-17,19,21,29,31H,18H2,1H3. The largest absolute Gasteiger partial charge is 0.332 e. The van der Waals surface area contributed by atoms with Crippen LogP contribution in [0.5, 0.6) is 0 Å². The van der Waals surface area contributed by atoms with Crippen molar-refractivity contribution in [2.45, 2.75) is 29.5 Å². The van der Waals surface area contributed by atoms with Gasteiger partial charge in [-0.25, -0.2) is 4.98 Å². The van der Waals surface area contributed by atoms with Crippen molar-refractivity contribution in [3.05, 3.63) is 109 Å². The predicted molar refractivity (Wildman–Crippen MR) is 145 cm³/mol. The molecule has 4 heteroatoms. The van der Waals surface area contributed by atoms with Crippen LogP contribution in [0.1, 0.15) is 19.0 Å². The lowest BCUT2D eigenvalue weighted by atomic mass is 9.91. The van der Waals surface area contributed by atoms with Crippen LogP contribution in [0.2, 0.25) is 0 Å². The third kappa shape index (κ3) is 4.03. The van der Waals surface area contributed by atoms with E-state index >= 15 is 0 Å². The summed E-state index contributed by atoms with van der Waals surface area (Å²) in [5.74, 6) is 0.603. The van der Waals surface area contributed by atoms with E-state index in [-0.39, 0.29) is 0 Å². The number of allylic oxidation sites excluding steroid dienone is 1. The second kappa shape index (κ2) is 9.09. The normalized spacial score (nSPS) is 20.6. The van der Waals surface area contributed by atoms with Crippen molar-refractivity contribution in [3.8, 4) is 28.5 Å². The van der Waals surface area contributed by atoms with Crippen LogP contribution in [-0.4, -0.2) is 16.3 Å². The molecule has 4 aromatic rings. The Bertz CT molecular complexity index is 1470. The average molecular weight is 472 g/mol. The maximum atomic E-state index is 9.34. The average Bonchev–Trinajstić information content (AvgIpc) is 2.91. The second-order valence-electron chi connectivity index (χ2n) is 9.20. The van der Waals surface area contributed by atoms with Crippen LogP contribution in [0, 0.1) is 17.2 Å². The lowest BCUT2D eigenvalue weighted by molar-refractivity contribution is 0.544. The minimum Gasteiger partial charge on any atom is -0.332 e. The van der Waals surface area contributed by atoms with Crippen LogP contribution >= 0.6 is 11.8 Å². The van der Waals surface area contributed by atoms with Gasteiger partial charge >= 0.3 is 0 Å². The molecule has 0 spiro atoms. The van der Waals surface area contributed by atoms with E-state index in [1.807, 2.05) is 30.0 Å². The van der Waals surface area contributed by atoms with E-state index in [0.29, 0.717) is 22.9 Å². The van der Waals surface area contributed by atoms with Gasteiger partial charge in [-0.1, -0.05) is 73.7 Å². The van der Waals surface area contributed by atoms with Crippen LogP contribution in [0.4, 0.5) is 11.4 Å². The molecule has 3 aromatic carbocycles. The van der Waals surface area contributed by atoms with Gasteiger partial charge in [0.1, 0.15) is 11.8 Å². The fourth-order valence-electron chi connectivity index (χ4n) is 5.20. The topological polar surface area (TPSA) is 39.9 Å². The van der Waals surface area contributed by atoms with Gasteiger partial charge in [-0.3, -0.25) is 0 Å². The van der Waals surface area contributed by atoms with Crippen LogP contribution in [0.3, 0.4) is 0 Å². The molecule has 3 atom stereocenters. The molecule has 1 aromatic heterocycles. The summed E-state index contributed by atoms with van der Waals surface area (Å²) in [7, 11) is 0. The molecule has 0 amide bonds. The molecule has 0 saturated carbocycles. The van der Waals surface area contributed by atoms with E-state index in [1.54, 1.807) is 6.07 Å². The number of hydrogen-bond donors (Lipinski definition) is 0. The van der Waals surface area contributed by atoms with Gasteiger partial charge in [0.05, 0.1) is 17.4 Å². The third-order valence-corrected chi connectivity index (χ3v) is 8.20. The van der Waals surface area contributed by atoms with Crippen LogP contribution in [-0.2, 0) is 0 Å². The minimum atomic E-state index is 0.325. The number of pyridine rings is 1. The highest BCUT2D eigenvalue weighted by atomic mass is 32.2. The Labute approximate surface area is 210 Å². The first-order chi connectivity index (χ1) is 17.2. The van der Waals surface area contributed by atoms with Crippen molar-refractivity contribution >= 4 is 23.1 Å². The van der Waals surface area contributed by atoms with Crippen molar-refractivity contribution < 1.29 is 0 Å². The Morgan fingerprint density at radius 2 is 1.69 bits per heavy atom. The van der Waals surface area contributed by atoms with E-state index in [0.717, 1.165) is 22.4 Å². The van der Waals surface area contributed by atoms with E-state index in [1.165, 1.54) is 22.7 Å². The van der Waals surface area contributed by atoms with Crippen molar-refractivity contribution in [1.29, 1.82) is 5.26 Å². The lowest BCUT2D eigenvalue weighted by Crippen LogP contribution is -2.43. The van der Waals surface area contributed by atoms with E-state index in [2.05, 4.69) is 102 Å². The minimum absolute atomic E-state index is 0.325. The van der Waals surface area contributed by atoms with Gasteiger partial charge in [0.2, 0.25) is 0 Å². The van der Waals surface area contributed by atoms with Crippen molar-refractivity contribution in [2.75, 3.05) is 4.90 Å². The number of nitrogens with zero attached hydrogens (tertiary/aromatic N) is 3. The van der Waals surface area contributed by atoms with Crippen molar-refractivity contribution in [1.82, 2.24) is 4.98 Å². The molecular weight excluding hydrogens is 446 g/mol. The number of hydrogen-bond acceptors (Lipinski definition) is 4. The maximum absolute atomic E-state index is 9.34. The summed E-state index contributed by atoms with van der Waals surface area (Å²) in [4.78, 5) is 8.43. The molecular formula is C31H25N3S. The number of para-hydroxylation sites is 1. The molecule has 0 bridgehead atoms. The fraction of sp³-hybridized carbons (Fsp3) is 0.161. The Kier molecular flexibility index (Phi) is 5.64. The molecule has 1 aliphatic heterocycles. The van der Waals surface area contributed by atoms with E-state index in [4.69, 9.17) is 0 Å². The second-order valence-corrected chi connectivity index (χ2v) is 10.5. The highest BCUT2D eigenvalue weighted by Gasteiger charge is 2.36. The zero-order chi connectivity index (χ0) is 23.8. The molecule has 6 rings (SSSR count). The number of rotatable bonds is 3. The fourth-order valence-corrected chi connectivity index (χ4v) is 6.72. The highest BCUT2D eigenvalue weighted by molar-refractivity contribution is 8.00. The summed E-state index contributed by atoms with van der Waals surface area (Å²) >= 11 is 2.02. The molecule has 2 heterocycles. The van der Waals surface area contributed by atoms with Crippen molar-refractivity contribution in [3.63, 3.8) is 0 Å². The molecule has 170 valence electrons. The van der Waals surface area contributed by atoms with E-state index < -0.39 is 0 Å². The molecule has 0 fully saturated rings. The van der Waals surface area contributed by atoms with Gasteiger partial charge < -0.3 is 4.90 Å². The Balaban J connectivity index is 1.47. The number of benzene rings is 3. The SMILES string of the molecule is CC1C=CC2C(C1)Sc1ccccc1N2c1cccc(-c2ccccc2-c2cccc(C#N)n2)c1. The summed E-state index contributed by atoms with van der Waals surface area (Å²) in [6.07, 6.45) is 5.95. The summed E-state index contributed by atoms with van der Waals surface area (Å²) in [5, 5.41) is 9.87. The molecule has 35 heavy (non-hydrogen) atoms. The molecule has 0 radical (unpaired) electrons. The number of nitriles is 1. The molecule has 3 nitrogen and oxygen atoms in total. The number of aromatic nitrogens is 1. The van der Waals surface area contributed by atoms with Gasteiger partial charge in [-0.05, 0) is 59.9 Å². The number of anilines is 2. The zero-order valence-electron chi connectivity index (χ0n) is 19.5. The summed E-state index contributed by atoms with van der Waals surface area (Å²) < 4.78 is 0. The van der Waals surface area contributed by atoms with Gasteiger partial charge in [0.25, 0.3) is 0 Å². The first-order valence-corrected chi connectivity index (χ1v) is 12.9. The van der Waals surface area contributed by atoms with Gasteiger partial charge in [-0.15, -0.1) is 11.8 Å². The molecule has 3 unspecified atom stereocenters. The smallest absolute Gasteiger partial charge is 0.141 e. The lowest BCUT2D eigenvalue weighted by Gasteiger charge is -2.44. The first-order valence-electron chi connectivity index (χ1n) is 12.0. The van der Waals surface area contributed by atoms with Gasteiger partial charge in [-0.2, -0.15) is 5.26 Å². The summed E-state index contributed by atoms with van der Waals surface area (Å²) in [6, 6.07) is 34.0. The molecule has 0 saturated heterocycles. The number of fused-ring (bicyclic) bond motifs is 2. The monoisotopic (exact) mass is 471 g/mol. The molecule has 0 N–H and O–H groups in total. The van der Waals surface area contributed by atoms with Crippen molar-refractivity contribution in [2.24, 2.45) is 5.92 Å².